The third-order valence-corrected chi connectivity index (χ3v) is 6.70. The molecule has 0 aliphatic carbocycles. The topological polar surface area (TPSA) is 120 Å². The predicted molar refractivity (Wildman–Crippen MR) is 111 cm³/mol. The molecule has 1 N–H and O–H groups in total. The highest BCUT2D eigenvalue weighted by atomic mass is 32.2. The van der Waals surface area contributed by atoms with Gasteiger partial charge in [-0.25, -0.2) is 8.42 Å². The number of amides is 1. The summed E-state index contributed by atoms with van der Waals surface area (Å²) in [6.45, 7) is 4.64. The minimum Gasteiger partial charge on any atom is -0.468 e. The first-order valence-corrected chi connectivity index (χ1v) is 11.2. The SMILES string of the molecule is COC(=O)CN(CC#N)CC(=O)Nc1ccc(S(=O)(=O)N2C[C@H](C)C[C@@H](C)C2)cc1. The van der Waals surface area contributed by atoms with Crippen molar-refractivity contribution in [2.24, 2.45) is 11.8 Å². The first-order chi connectivity index (χ1) is 14.1. The van der Waals surface area contributed by atoms with Crippen LogP contribution >= 0.6 is 0 Å². The summed E-state index contributed by atoms with van der Waals surface area (Å²) in [5.74, 6) is -0.357. The fourth-order valence-electron chi connectivity index (χ4n) is 3.58. The Morgan fingerprint density at radius 1 is 1.20 bits per heavy atom. The fraction of sp³-hybridized carbons (Fsp3) is 0.550. The molecule has 1 aromatic rings. The first-order valence-electron chi connectivity index (χ1n) is 9.72. The number of carbonyl (C=O) groups excluding carboxylic acids is 2. The van der Waals surface area contributed by atoms with Crippen molar-refractivity contribution >= 4 is 27.6 Å². The number of piperidine rings is 1. The van der Waals surface area contributed by atoms with Gasteiger partial charge in [0.05, 0.1) is 37.7 Å². The number of anilines is 1. The minimum absolute atomic E-state index is 0.105. The predicted octanol–water partition coefficient (Wildman–Crippen LogP) is 1.29. The standard InChI is InChI=1S/C20H28N4O5S/c1-15-10-16(2)12-24(11-15)30(27,28)18-6-4-17(5-7-18)22-19(25)13-23(9-8-21)14-20(26)29-3/h4-7,15-16H,9-14H2,1-3H3,(H,22,25)/t15-,16-/m1/s1. The van der Waals surface area contributed by atoms with E-state index in [9.17, 15) is 18.0 Å². The number of ether oxygens (including phenoxy) is 1. The van der Waals surface area contributed by atoms with Crippen LogP contribution < -0.4 is 5.32 Å². The van der Waals surface area contributed by atoms with Gasteiger partial charge in [0.25, 0.3) is 0 Å². The van der Waals surface area contributed by atoms with Crippen LogP contribution in [0.5, 0.6) is 0 Å². The van der Waals surface area contributed by atoms with Crippen LogP contribution in [0.25, 0.3) is 0 Å². The van der Waals surface area contributed by atoms with Crippen molar-refractivity contribution in [2.75, 3.05) is 45.2 Å². The van der Waals surface area contributed by atoms with Crippen molar-refractivity contribution in [3.8, 4) is 6.07 Å². The molecule has 1 heterocycles. The van der Waals surface area contributed by atoms with Gasteiger partial charge in [-0.2, -0.15) is 9.57 Å². The number of rotatable bonds is 8. The maximum atomic E-state index is 12.9. The highest BCUT2D eigenvalue weighted by molar-refractivity contribution is 7.89. The molecule has 2 atom stereocenters. The number of esters is 1. The third-order valence-electron chi connectivity index (χ3n) is 4.85. The molecule has 10 heteroatoms. The summed E-state index contributed by atoms with van der Waals surface area (Å²) < 4.78 is 31.9. The zero-order valence-corrected chi connectivity index (χ0v) is 18.3. The number of nitrogens with zero attached hydrogens (tertiary/aromatic N) is 3. The van der Waals surface area contributed by atoms with E-state index in [4.69, 9.17) is 5.26 Å². The van der Waals surface area contributed by atoms with Crippen LogP contribution in [0.15, 0.2) is 29.2 Å². The summed E-state index contributed by atoms with van der Waals surface area (Å²) >= 11 is 0. The van der Waals surface area contributed by atoms with E-state index >= 15 is 0 Å². The van der Waals surface area contributed by atoms with Gasteiger partial charge in [0.2, 0.25) is 15.9 Å². The second-order valence-electron chi connectivity index (χ2n) is 7.72. The van der Waals surface area contributed by atoms with Crippen LogP contribution in [0.2, 0.25) is 0 Å². The van der Waals surface area contributed by atoms with E-state index in [1.807, 2.05) is 19.9 Å². The van der Waals surface area contributed by atoms with Crippen molar-refractivity contribution in [3.63, 3.8) is 0 Å². The zero-order chi connectivity index (χ0) is 22.3. The van der Waals surface area contributed by atoms with Crippen LogP contribution in [0.4, 0.5) is 5.69 Å². The van der Waals surface area contributed by atoms with E-state index in [-0.39, 0.29) is 24.5 Å². The molecule has 1 aliphatic heterocycles. The Balaban J connectivity index is 2.02. The summed E-state index contributed by atoms with van der Waals surface area (Å²) in [6.07, 6.45) is 1.01. The molecule has 0 saturated carbocycles. The average Bonchev–Trinajstić information content (AvgIpc) is 2.67. The van der Waals surface area contributed by atoms with E-state index in [0.717, 1.165) is 6.42 Å². The molecule has 9 nitrogen and oxygen atoms in total. The Morgan fingerprint density at radius 2 is 1.80 bits per heavy atom. The smallest absolute Gasteiger partial charge is 0.319 e. The number of benzene rings is 1. The molecule has 1 saturated heterocycles. The van der Waals surface area contributed by atoms with Gasteiger partial charge in [-0.05, 0) is 42.5 Å². The van der Waals surface area contributed by atoms with Gasteiger partial charge in [-0.15, -0.1) is 0 Å². The van der Waals surface area contributed by atoms with Gasteiger partial charge in [0.1, 0.15) is 0 Å². The summed E-state index contributed by atoms with van der Waals surface area (Å²) in [6, 6.07) is 7.88. The Morgan fingerprint density at radius 3 is 2.33 bits per heavy atom. The summed E-state index contributed by atoms with van der Waals surface area (Å²) in [4.78, 5) is 25.1. The summed E-state index contributed by atoms with van der Waals surface area (Å²) in [7, 11) is -2.36. The second-order valence-corrected chi connectivity index (χ2v) is 9.66. The molecule has 0 spiro atoms. The number of carbonyl (C=O) groups is 2. The van der Waals surface area contributed by atoms with E-state index in [2.05, 4.69) is 10.1 Å². The molecule has 1 aliphatic rings. The minimum atomic E-state index is -3.59. The van der Waals surface area contributed by atoms with Crippen molar-refractivity contribution in [2.45, 2.75) is 25.2 Å². The van der Waals surface area contributed by atoms with E-state index in [0.29, 0.717) is 30.6 Å². The van der Waals surface area contributed by atoms with E-state index < -0.39 is 21.9 Å². The number of methoxy groups -OCH3 is 1. The van der Waals surface area contributed by atoms with Gasteiger partial charge in [-0.3, -0.25) is 14.5 Å². The lowest BCUT2D eigenvalue weighted by atomic mass is 9.94. The first kappa shape index (κ1) is 23.8. The van der Waals surface area contributed by atoms with E-state index in [1.54, 1.807) is 0 Å². The highest BCUT2D eigenvalue weighted by Gasteiger charge is 2.31. The molecule has 2 rings (SSSR count). The van der Waals surface area contributed by atoms with Gasteiger partial charge in [0.15, 0.2) is 0 Å². The molecule has 1 amide bonds. The Labute approximate surface area is 177 Å². The number of nitrogens with one attached hydrogen (secondary N) is 1. The molecule has 30 heavy (non-hydrogen) atoms. The molecular formula is C20H28N4O5S. The molecule has 1 aromatic carbocycles. The lowest BCUT2D eigenvalue weighted by Crippen LogP contribution is -2.42. The molecule has 164 valence electrons. The lowest BCUT2D eigenvalue weighted by Gasteiger charge is -2.34. The molecule has 0 radical (unpaired) electrons. The number of hydrogen-bond acceptors (Lipinski definition) is 7. The van der Waals surface area contributed by atoms with Crippen molar-refractivity contribution in [1.29, 1.82) is 5.26 Å². The van der Waals surface area contributed by atoms with Crippen LogP contribution in [0.3, 0.4) is 0 Å². The molecular weight excluding hydrogens is 408 g/mol. The fourth-order valence-corrected chi connectivity index (χ4v) is 5.26. The highest BCUT2D eigenvalue weighted by Crippen LogP contribution is 2.27. The van der Waals surface area contributed by atoms with Gasteiger partial charge < -0.3 is 10.1 Å². The van der Waals surface area contributed by atoms with Crippen LogP contribution in [0.1, 0.15) is 20.3 Å². The van der Waals surface area contributed by atoms with E-state index in [1.165, 1.54) is 40.6 Å². The second kappa shape index (κ2) is 10.5. The molecule has 0 unspecified atom stereocenters. The van der Waals surface area contributed by atoms with Crippen molar-refractivity contribution < 1.29 is 22.7 Å². The van der Waals surface area contributed by atoms with Gasteiger partial charge >= 0.3 is 5.97 Å². The quantitative estimate of drug-likeness (QED) is 0.482. The Kier molecular flexibility index (Phi) is 8.34. The van der Waals surface area contributed by atoms with Crippen molar-refractivity contribution in [3.05, 3.63) is 24.3 Å². The summed E-state index contributed by atoms with van der Waals surface area (Å²) in [5, 5.41) is 11.5. The van der Waals surface area contributed by atoms with Crippen LogP contribution in [-0.4, -0.2) is 69.3 Å². The van der Waals surface area contributed by atoms with Crippen LogP contribution in [-0.2, 0) is 24.3 Å². The normalized spacial score (nSPS) is 19.8. The lowest BCUT2D eigenvalue weighted by molar-refractivity contribution is -0.141. The molecule has 0 bridgehead atoms. The molecule has 0 aromatic heterocycles. The maximum Gasteiger partial charge on any atom is 0.319 e. The zero-order valence-electron chi connectivity index (χ0n) is 17.5. The number of nitriles is 1. The monoisotopic (exact) mass is 436 g/mol. The van der Waals surface area contributed by atoms with Gasteiger partial charge in [-0.1, -0.05) is 13.8 Å². The Bertz CT molecular complexity index is 885. The number of hydrogen-bond donors (Lipinski definition) is 1. The summed E-state index contributed by atoms with van der Waals surface area (Å²) in [5.41, 5.74) is 0.425. The third kappa shape index (κ3) is 6.52. The maximum absolute atomic E-state index is 12.9. The Hall–Kier alpha value is -2.48. The number of sulfonamides is 1. The largest absolute Gasteiger partial charge is 0.468 e. The van der Waals surface area contributed by atoms with Crippen LogP contribution in [0, 0.1) is 23.2 Å². The van der Waals surface area contributed by atoms with Gasteiger partial charge in [0, 0.05) is 18.8 Å². The van der Waals surface area contributed by atoms with Crippen molar-refractivity contribution in [1.82, 2.24) is 9.21 Å². The molecule has 1 fully saturated rings. The average molecular weight is 437 g/mol.